The van der Waals surface area contributed by atoms with Crippen molar-refractivity contribution in [3.8, 4) is 0 Å². The van der Waals surface area contributed by atoms with Gasteiger partial charge in [0.15, 0.2) is 0 Å². The number of halogens is 2. The van der Waals surface area contributed by atoms with Crippen LogP contribution in [0.3, 0.4) is 0 Å². The Kier molecular flexibility index (Phi) is 5.74. The molecule has 1 aromatic heterocycles. The Morgan fingerprint density at radius 1 is 1.41 bits per heavy atom. The highest BCUT2D eigenvalue weighted by molar-refractivity contribution is 7.91. The Labute approximate surface area is 145 Å². The number of nitrogens with one attached hydrogen (secondary N) is 1. The summed E-state index contributed by atoms with van der Waals surface area (Å²) in [6.45, 7) is 1.29. The Bertz CT molecular complexity index is 761. The molecule has 1 N–H and O–H groups in total. The quantitative estimate of drug-likeness (QED) is 0.884. The predicted molar refractivity (Wildman–Crippen MR) is 94.9 cm³/mol. The highest BCUT2D eigenvalue weighted by atomic mass is 35.5. The van der Waals surface area contributed by atoms with Crippen molar-refractivity contribution >= 4 is 55.5 Å². The third-order valence-corrected chi connectivity index (χ3v) is 7.53. The summed E-state index contributed by atoms with van der Waals surface area (Å²) in [4.78, 5) is 0. The first-order chi connectivity index (χ1) is 10.0. The Morgan fingerprint density at radius 2 is 2.18 bits per heavy atom. The van der Waals surface area contributed by atoms with Gasteiger partial charge in [0.25, 0.3) is 10.0 Å². The Morgan fingerprint density at radius 3 is 2.91 bits per heavy atom. The van der Waals surface area contributed by atoms with Gasteiger partial charge in [0.05, 0.1) is 0 Å². The molecule has 0 radical (unpaired) electrons. The van der Waals surface area contributed by atoms with E-state index in [1.807, 2.05) is 19.2 Å². The SMILES string of the molecule is CNCC1CCCN1S(=O)(=O)c1cc2cc(Cl)ccc2s1.Cl. The molecule has 1 aliphatic rings. The second-order valence-electron chi connectivity index (χ2n) is 5.22. The van der Waals surface area contributed by atoms with Crippen molar-refractivity contribution in [1.82, 2.24) is 9.62 Å². The molecule has 8 heteroatoms. The number of hydrogen-bond donors (Lipinski definition) is 1. The van der Waals surface area contributed by atoms with Crippen LogP contribution >= 0.6 is 35.3 Å². The third-order valence-electron chi connectivity index (χ3n) is 3.78. The van der Waals surface area contributed by atoms with Crippen LogP contribution in [0.5, 0.6) is 0 Å². The van der Waals surface area contributed by atoms with Gasteiger partial charge >= 0.3 is 0 Å². The molecule has 4 nitrogen and oxygen atoms in total. The molecule has 1 saturated heterocycles. The van der Waals surface area contributed by atoms with Gasteiger partial charge in [-0.1, -0.05) is 11.6 Å². The van der Waals surface area contributed by atoms with Crippen LogP contribution in [-0.4, -0.2) is 38.9 Å². The number of fused-ring (bicyclic) bond motifs is 1. The largest absolute Gasteiger partial charge is 0.318 e. The molecule has 122 valence electrons. The fourth-order valence-electron chi connectivity index (χ4n) is 2.80. The molecular formula is C14H18Cl2N2O2S2. The molecule has 0 spiro atoms. The number of thiophene rings is 1. The van der Waals surface area contributed by atoms with E-state index in [4.69, 9.17) is 11.6 Å². The molecule has 0 amide bonds. The van der Waals surface area contributed by atoms with Gasteiger partial charge in [0.2, 0.25) is 0 Å². The standard InChI is InChI=1S/C14H17ClN2O2S2.ClH/c1-16-9-12-3-2-6-17(12)21(18,19)14-8-10-7-11(15)4-5-13(10)20-14;/h4-5,7-8,12,16H,2-3,6,9H2,1H3;1H. The third kappa shape index (κ3) is 3.27. The van der Waals surface area contributed by atoms with Crippen LogP contribution in [0, 0.1) is 0 Å². The first kappa shape index (κ1) is 18.0. The molecule has 1 atom stereocenters. The number of nitrogens with zero attached hydrogens (tertiary/aromatic N) is 1. The lowest BCUT2D eigenvalue weighted by molar-refractivity contribution is 0.380. The lowest BCUT2D eigenvalue weighted by atomic mass is 10.2. The highest BCUT2D eigenvalue weighted by Gasteiger charge is 2.35. The van der Waals surface area contributed by atoms with Crippen LogP contribution in [0.15, 0.2) is 28.5 Å². The van der Waals surface area contributed by atoms with E-state index in [2.05, 4.69) is 5.32 Å². The maximum Gasteiger partial charge on any atom is 0.252 e. The molecule has 2 heterocycles. The molecule has 1 aliphatic heterocycles. The van der Waals surface area contributed by atoms with Crippen molar-refractivity contribution in [3.63, 3.8) is 0 Å². The van der Waals surface area contributed by atoms with E-state index in [1.165, 1.54) is 11.3 Å². The molecule has 2 aromatic rings. The number of likely N-dealkylation sites (N-methyl/N-ethyl adjacent to an activating group) is 1. The van der Waals surface area contributed by atoms with Gasteiger partial charge in [-0.05, 0) is 49.5 Å². The fourth-order valence-corrected chi connectivity index (χ4v) is 6.18. The number of sulfonamides is 1. The molecular weight excluding hydrogens is 363 g/mol. The molecule has 1 unspecified atom stereocenters. The van der Waals surface area contributed by atoms with Gasteiger partial charge in [0, 0.05) is 28.9 Å². The summed E-state index contributed by atoms with van der Waals surface area (Å²) in [5.41, 5.74) is 0. The second-order valence-corrected chi connectivity index (χ2v) is 8.85. The second kappa shape index (κ2) is 7.03. The molecule has 0 aliphatic carbocycles. The van der Waals surface area contributed by atoms with E-state index in [1.54, 1.807) is 16.4 Å². The Balaban J connectivity index is 0.00000176. The maximum atomic E-state index is 12.8. The Hall–Kier alpha value is -0.370. The van der Waals surface area contributed by atoms with Crippen LogP contribution in [0.25, 0.3) is 10.1 Å². The number of hydrogen-bond acceptors (Lipinski definition) is 4. The van der Waals surface area contributed by atoms with Crippen molar-refractivity contribution < 1.29 is 8.42 Å². The van der Waals surface area contributed by atoms with Crippen molar-refractivity contribution in [2.75, 3.05) is 20.1 Å². The molecule has 0 saturated carbocycles. The average molecular weight is 381 g/mol. The normalized spacial score (nSPS) is 19.5. The summed E-state index contributed by atoms with van der Waals surface area (Å²) in [5, 5.41) is 4.59. The van der Waals surface area contributed by atoms with Gasteiger partial charge < -0.3 is 5.32 Å². The van der Waals surface area contributed by atoms with Gasteiger partial charge in [-0.2, -0.15) is 4.31 Å². The van der Waals surface area contributed by atoms with E-state index in [0.717, 1.165) is 22.9 Å². The number of rotatable bonds is 4. The zero-order valence-corrected chi connectivity index (χ0v) is 15.3. The van der Waals surface area contributed by atoms with Gasteiger partial charge in [-0.3, -0.25) is 0 Å². The monoisotopic (exact) mass is 380 g/mol. The fraction of sp³-hybridized carbons (Fsp3) is 0.429. The van der Waals surface area contributed by atoms with Gasteiger partial charge in [-0.15, -0.1) is 23.7 Å². The van der Waals surface area contributed by atoms with Crippen molar-refractivity contribution in [1.29, 1.82) is 0 Å². The van der Waals surface area contributed by atoms with Crippen molar-refractivity contribution in [3.05, 3.63) is 29.3 Å². The molecule has 0 bridgehead atoms. The van der Waals surface area contributed by atoms with Crippen molar-refractivity contribution in [2.24, 2.45) is 0 Å². The lowest BCUT2D eigenvalue weighted by Gasteiger charge is -2.22. The first-order valence-corrected chi connectivity index (χ1v) is 9.51. The van der Waals surface area contributed by atoms with Crippen LogP contribution in [-0.2, 0) is 10.0 Å². The van der Waals surface area contributed by atoms with Crippen LogP contribution in [0.1, 0.15) is 12.8 Å². The number of benzene rings is 1. The molecule has 22 heavy (non-hydrogen) atoms. The molecule has 3 rings (SSSR count). The van der Waals surface area contributed by atoms with Gasteiger partial charge in [-0.25, -0.2) is 8.42 Å². The van der Waals surface area contributed by atoms with Gasteiger partial charge in [0.1, 0.15) is 4.21 Å². The summed E-state index contributed by atoms with van der Waals surface area (Å²) >= 11 is 7.28. The first-order valence-electron chi connectivity index (χ1n) is 6.88. The van der Waals surface area contributed by atoms with Crippen molar-refractivity contribution in [2.45, 2.75) is 23.1 Å². The topological polar surface area (TPSA) is 49.4 Å². The average Bonchev–Trinajstić information content (AvgIpc) is 3.05. The zero-order valence-electron chi connectivity index (χ0n) is 12.1. The molecule has 1 aromatic carbocycles. The summed E-state index contributed by atoms with van der Waals surface area (Å²) < 4.78 is 28.7. The van der Waals surface area contributed by atoms with E-state index in [-0.39, 0.29) is 18.4 Å². The smallest absolute Gasteiger partial charge is 0.252 e. The van der Waals surface area contributed by atoms with E-state index in [9.17, 15) is 8.42 Å². The van der Waals surface area contributed by atoms with E-state index >= 15 is 0 Å². The zero-order chi connectivity index (χ0) is 15.0. The predicted octanol–water partition coefficient (Wildman–Crippen LogP) is 3.35. The summed E-state index contributed by atoms with van der Waals surface area (Å²) in [5.74, 6) is 0. The minimum Gasteiger partial charge on any atom is -0.318 e. The maximum absolute atomic E-state index is 12.8. The summed E-state index contributed by atoms with van der Waals surface area (Å²) in [7, 11) is -1.56. The minimum absolute atomic E-state index is 0. The van der Waals surface area contributed by atoms with Crippen LogP contribution in [0.4, 0.5) is 0 Å². The highest BCUT2D eigenvalue weighted by Crippen LogP contribution is 2.34. The van der Waals surface area contributed by atoms with Crippen LogP contribution < -0.4 is 5.32 Å². The minimum atomic E-state index is -3.42. The lowest BCUT2D eigenvalue weighted by Crippen LogP contribution is -2.40. The van der Waals surface area contributed by atoms with E-state index in [0.29, 0.717) is 22.3 Å². The van der Waals surface area contributed by atoms with E-state index < -0.39 is 10.0 Å². The summed E-state index contributed by atoms with van der Waals surface area (Å²) in [6, 6.07) is 7.25. The summed E-state index contributed by atoms with van der Waals surface area (Å²) in [6.07, 6.45) is 1.83. The van der Waals surface area contributed by atoms with Crippen LogP contribution in [0.2, 0.25) is 5.02 Å². The molecule has 1 fully saturated rings.